The molecule has 4 aliphatic heterocycles. The molecule has 3 fully saturated rings. The van der Waals surface area contributed by atoms with Crippen molar-refractivity contribution in [1.29, 1.82) is 0 Å². The Kier molecular flexibility index (Phi) is 6.74. The van der Waals surface area contributed by atoms with Gasteiger partial charge in [-0.1, -0.05) is 18.5 Å². The molecule has 4 aromatic rings. The van der Waals surface area contributed by atoms with E-state index in [0.717, 1.165) is 64.0 Å². The lowest BCUT2D eigenvalue weighted by molar-refractivity contribution is 0.106. The van der Waals surface area contributed by atoms with Crippen molar-refractivity contribution in [2.75, 3.05) is 69.6 Å². The molecular formula is C31H37ClFN9O2. The Hall–Kier alpha value is -3.45. The standard InChI is InChI=1S/C31H37ClFN9O2/c1-3-39-8-10-40(11-9-39)15-19-16-44-28-24(20-6-7-23(33)27-25(20)36-30(34)38(27)2)22(32)12-21-26(28)42(19)31(43)37-29(21)41-13-17-4-5-18(14-41)35-17/h6-7,12,17-19,35H,3-5,8-11,13-16H2,1-2H3,(H2,34,36)/t17?,18?,19-/m0/s1. The van der Waals surface area contributed by atoms with Gasteiger partial charge in [-0.05, 0) is 37.6 Å². The van der Waals surface area contributed by atoms with Gasteiger partial charge in [0.1, 0.15) is 29.3 Å². The van der Waals surface area contributed by atoms with Crippen LogP contribution in [0.2, 0.25) is 5.02 Å². The van der Waals surface area contributed by atoms with Crippen molar-refractivity contribution < 1.29 is 9.13 Å². The van der Waals surface area contributed by atoms with Crippen molar-refractivity contribution >= 4 is 45.3 Å². The second-order valence-corrected chi connectivity index (χ2v) is 13.0. The number of aromatic nitrogens is 4. The normalized spacial score (nSPS) is 24.0. The summed E-state index contributed by atoms with van der Waals surface area (Å²) in [6, 6.07) is 5.46. The summed E-state index contributed by atoms with van der Waals surface area (Å²) in [5.41, 5.74) is 8.36. The van der Waals surface area contributed by atoms with Gasteiger partial charge in [-0.15, -0.1) is 0 Å². The van der Waals surface area contributed by atoms with Crippen LogP contribution in [0.15, 0.2) is 23.0 Å². The summed E-state index contributed by atoms with van der Waals surface area (Å²) in [5, 5.41) is 4.87. The molecule has 3 atom stereocenters. The molecular weight excluding hydrogens is 585 g/mol. The van der Waals surface area contributed by atoms with E-state index in [2.05, 4.69) is 31.9 Å². The number of nitrogen functional groups attached to an aromatic ring is 1. The van der Waals surface area contributed by atoms with Crippen molar-refractivity contribution in [1.82, 2.24) is 34.2 Å². The van der Waals surface area contributed by atoms with Crippen molar-refractivity contribution in [3.8, 4) is 16.9 Å². The lowest BCUT2D eigenvalue weighted by atomic mass is 9.98. The summed E-state index contributed by atoms with van der Waals surface area (Å²) >= 11 is 7.13. The van der Waals surface area contributed by atoms with Crippen LogP contribution >= 0.6 is 11.6 Å². The van der Waals surface area contributed by atoms with Gasteiger partial charge in [0.25, 0.3) is 0 Å². The number of benzene rings is 2. The van der Waals surface area contributed by atoms with E-state index in [0.29, 0.717) is 57.4 Å². The number of halogens is 2. The Balaban J connectivity index is 1.32. The summed E-state index contributed by atoms with van der Waals surface area (Å²) in [7, 11) is 1.68. The van der Waals surface area contributed by atoms with Gasteiger partial charge in [-0.2, -0.15) is 4.98 Å². The zero-order chi connectivity index (χ0) is 30.3. The second-order valence-electron chi connectivity index (χ2n) is 12.6. The third-order valence-corrected chi connectivity index (χ3v) is 10.4. The Morgan fingerprint density at radius 1 is 1.09 bits per heavy atom. The Morgan fingerprint density at radius 2 is 1.82 bits per heavy atom. The summed E-state index contributed by atoms with van der Waals surface area (Å²) in [4.78, 5) is 30.4. The van der Waals surface area contributed by atoms with Gasteiger partial charge >= 0.3 is 5.69 Å². The molecule has 3 saturated heterocycles. The highest BCUT2D eigenvalue weighted by Crippen LogP contribution is 2.48. The number of imidazole rings is 1. The van der Waals surface area contributed by atoms with Gasteiger partial charge in [-0.25, -0.2) is 14.2 Å². The molecule has 3 N–H and O–H groups in total. The fourth-order valence-electron chi connectivity index (χ4n) is 7.74. The van der Waals surface area contributed by atoms with Crippen molar-refractivity contribution in [2.45, 2.75) is 37.9 Å². The van der Waals surface area contributed by atoms with Crippen molar-refractivity contribution in [3.05, 3.63) is 39.5 Å². The number of rotatable bonds is 5. The van der Waals surface area contributed by atoms with E-state index in [1.807, 2.05) is 10.6 Å². The highest BCUT2D eigenvalue weighted by Gasteiger charge is 2.37. The number of anilines is 2. The average Bonchev–Trinajstić information content (AvgIpc) is 3.52. The van der Waals surface area contributed by atoms with Crippen LogP contribution in [0, 0.1) is 5.82 Å². The monoisotopic (exact) mass is 621 g/mol. The first-order valence-corrected chi connectivity index (χ1v) is 16.0. The topological polar surface area (TPSA) is 110 Å². The maximum atomic E-state index is 15.0. The molecule has 6 heterocycles. The van der Waals surface area contributed by atoms with E-state index in [1.54, 1.807) is 13.1 Å². The minimum atomic E-state index is -0.429. The number of hydrogen-bond acceptors (Lipinski definition) is 9. The number of fused-ring (bicyclic) bond motifs is 3. The molecule has 0 spiro atoms. The van der Waals surface area contributed by atoms with E-state index in [1.165, 1.54) is 10.6 Å². The van der Waals surface area contributed by atoms with Gasteiger partial charge in [-0.3, -0.25) is 9.47 Å². The van der Waals surface area contributed by atoms with E-state index >= 15 is 4.39 Å². The molecule has 8 rings (SSSR count). The number of ether oxygens (including phenoxy) is 1. The van der Waals surface area contributed by atoms with Crippen LogP contribution < -0.4 is 26.4 Å². The smallest absolute Gasteiger partial charge is 0.350 e. The van der Waals surface area contributed by atoms with E-state index in [9.17, 15) is 4.79 Å². The SMILES string of the molecule is CCN1CCN(C[C@H]2COc3c(-c4ccc(F)c5c4nc(N)n5C)c(Cl)cc4c(N5CC6CCC(C5)N6)nc(=O)n2c34)CC1. The van der Waals surface area contributed by atoms with Crippen LogP contribution in [0.3, 0.4) is 0 Å². The fourth-order valence-corrected chi connectivity index (χ4v) is 8.03. The third-order valence-electron chi connectivity index (χ3n) is 10.1. The number of piperazine rings is 2. The number of aryl methyl sites for hydroxylation is 1. The molecule has 0 amide bonds. The number of nitrogens with zero attached hydrogens (tertiary/aromatic N) is 7. The van der Waals surface area contributed by atoms with Gasteiger partial charge in [0.2, 0.25) is 5.95 Å². The number of hydrogen-bond donors (Lipinski definition) is 2. The first-order valence-electron chi connectivity index (χ1n) is 15.6. The van der Waals surface area contributed by atoms with E-state index in [-0.39, 0.29) is 29.8 Å². The first kappa shape index (κ1) is 28.1. The third kappa shape index (κ3) is 4.37. The molecule has 2 aromatic heterocycles. The predicted octanol–water partition coefficient (Wildman–Crippen LogP) is 2.84. The average molecular weight is 622 g/mol. The van der Waals surface area contributed by atoms with Crippen molar-refractivity contribution in [2.24, 2.45) is 7.05 Å². The minimum absolute atomic E-state index is 0.192. The van der Waals surface area contributed by atoms with E-state index < -0.39 is 5.82 Å². The highest BCUT2D eigenvalue weighted by atomic mass is 35.5. The number of nitrogens with two attached hydrogens (primary N) is 1. The Bertz CT molecular complexity index is 1840. The molecule has 44 heavy (non-hydrogen) atoms. The van der Waals surface area contributed by atoms with Crippen LogP contribution in [0.1, 0.15) is 25.8 Å². The first-order chi connectivity index (χ1) is 21.3. The molecule has 4 aliphatic rings. The van der Waals surface area contributed by atoms with Crippen LogP contribution in [0.4, 0.5) is 16.2 Å². The number of likely N-dealkylation sites (N-methyl/N-ethyl adjacent to an activating group) is 1. The quantitative estimate of drug-likeness (QED) is 0.348. The largest absolute Gasteiger partial charge is 0.488 e. The summed E-state index contributed by atoms with van der Waals surface area (Å²) < 4.78 is 25.0. The molecule has 0 saturated carbocycles. The maximum absolute atomic E-state index is 15.0. The van der Waals surface area contributed by atoms with Gasteiger partial charge < -0.3 is 30.2 Å². The molecule has 11 nitrogen and oxygen atoms in total. The molecule has 232 valence electrons. The van der Waals surface area contributed by atoms with Crippen molar-refractivity contribution in [3.63, 3.8) is 0 Å². The summed E-state index contributed by atoms with van der Waals surface area (Å²) in [6.07, 6.45) is 2.22. The zero-order valence-electron chi connectivity index (χ0n) is 25.0. The number of nitrogens with one attached hydrogen (secondary N) is 1. The molecule has 2 unspecified atom stereocenters. The Labute approximate surface area is 259 Å². The van der Waals surface area contributed by atoms with Crippen LogP contribution in [0.25, 0.3) is 33.1 Å². The van der Waals surface area contributed by atoms with Gasteiger partial charge in [0.05, 0.1) is 16.6 Å². The van der Waals surface area contributed by atoms with Gasteiger partial charge in [0.15, 0.2) is 5.75 Å². The lowest BCUT2D eigenvalue weighted by Gasteiger charge is -2.39. The maximum Gasteiger partial charge on any atom is 0.350 e. The van der Waals surface area contributed by atoms with E-state index in [4.69, 9.17) is 27.1 Å². The highest BCUT2D eigenvalue weighted by molar-refractivity contribution is 6.35. The summed E-state index contributed by atoms with van der Waals surface area (Å²) in [6.45, 7) is 9.61. The molecule has 2 aromatic carbocycles. The predicted molar refractivity (Wildman–Crippen MR) is 170 cm³/mol. The lowest BCUT2D eigenvalue weighted by Crippen LogP contribution is -2.52. The molecule has 0 aliphatic carbocycles. The van der Waals surface area contributed by atoms with Crippen LogP contribution in [0.5, 0.6) is 5.75 Å². The summed E-state index contributed by atoms with van der Waals surface area (Å²) in [5.74, 6) is 0.900. The van der Waals surface area contributed by atoms with Crippen LogP contribution in [-0.4, -0.2) is 100.0 Å². The minimum Gasteiger partial charge on any atom is -0.488 e. The van der Waals surface area contributed by atoms with Gasteiger partial charge in [0, 0.05) is 81.5 Å². The zero-order valence-corrected chi connectivity index (χ0v) is 25.8. The molecule has 2 bridgehead atoms. The van der Waals surface area contributed by atoms with Crippen LogP contribution in [-0.2, 0) is 7.05 Å². The second kappa shape index (κ2) is 10.6. The molecule has 13 heteroatoms. The fraction of sp³-hybridized carbons (Fsp3) is 0.516. The Morgan fingerprint density at radius 3 is 2.55 bits per heavy atom. The molecule has 0 radical (unpaired) electrons.